The van der Waals surface area contributed by atoms with Crippen molar-refractivity contribution in [3.8, 4) is 0 Å². The fraction of sp³-hybridized carbons (Fsp3) is 0.933. The fourth-order valence-corrected chi connectivity index (χ4v) is 7.64. The molecule has 5 fully saturated rings. The highest BCUT2D eigenvalue weighted by Gasteiger charge is 2.64. The summed E-state index contributed by atoms with van der Waals surface area (Å²) in [4.78, 5) is 12.0. The van der Waals surface area contributed by atoms with Gasteiger partial charge in [0.2, 0.25) is 0 Å². The lowest BCUT2D eigenvalue weighted by molar-refractivity contribution is -0.174. The molecule has 1 heterocycles. The van der Waals surface area contributed by atoms with Gasteiger partial charge in [0.15, 0.2) is 0 Å². The molecule has 3 heteroatoms. The summed E-state index contributed by atoms with van der Waals surface area (Å²) >= 11 is 1.88. The maximum Gasteiger partial charge on any atom is 0.311 e. The third kappa shape index (κ3) is 1.35. The number of hydrogen-bond acceptors (Lipinski definition) is 2. The van der Waals surface area contributed by atoms with Gasteiger partial charge in [-0.3, -0.25) is 4.79 Å². The summed E-state index contributed by atoms with van der Waals surface area (Å²) in [6.45, 7) is 0. The molecule has 5 rings (SSSR count). The average molecular weight is 266 g/mol. The number of aliphatic carboxylic acids is 1. The van der Waals surface area contributed by atoms with Crippen molar-refractivity contribution in [2.24, 2.45) is 28.6 Å². The van der Waals surface area contributed by atoms with E-state index in [0.29, 0.717) is 0 Å². The third-order valence-electron chi connectivity index (χ3n) is 6.48. The first-order chi connectivity index (χ1) is 8.64. The Labute approximate surface area is 113 Å². The van der Waals surface area contributed by atoms with Crippen molar-refractivity contribution in [1.29, 1.82) is 0 Å². The minimum Gasteiger partial charge on any atom is -0.481 e. The van der Waals surface area contributed by atoms with Crippen LogP contribution in [0.3, 0.4) is 0 Å². The van der Waals surface area contributed by atoms with Gasteiger partial charge in [-0.2, -0.15) is 11.8 Å². The molecular weight excluding hydrogens is 244 g/mol. The number of carboxylic acids is 1. The molecule has 100 valence electrons. The van der Waals surface area contributed by atoms with Crippen LogP contribution in [0.5, 0.6) is 0 Å². The zero-order chi connectivity index (χ0) is 12.4. The van der Waals surface area contributed by atoms with Crippen LogP contribution < -0.4 is 0 Å². The highest BCUT2D eigenvalue weighted by Crippen LogP contribution is 2.68. The topological polar surface area (TPSA) is 37.3 Å². The van der Waals surface area contributed by atoms with Gasteiger partial charge in [-0.05, 0) is 73.9 Å². The highest BCUT2D eigenvalue weighted by molar-refractivity contribution is 7.99. The molecule has 1 saturated heterocycles. The van der Waals surface area contributed by atoms with Crippen LogP contribution in [0, 0.1) is 28.6 Å². The number of carboxylic acid groups (broad SMARTS) is 1. The maximum atomic E-state index is 12.0. The van der Waals surface area contributed by atoms with Gasteiger partial charge in [-0.1, -0.05) is 0 Å². The second kappa shape index (κ2) is 3.68. The summed E-state index contributed by atoms with van der Waals surface area (Å²) in [5, 5.41) is 9.91. The SMILES string of the molecule is O=C(O)C1(C23CC4CC(CC(C4)C2)C3)CCSC1. The number of rotatable bonds is 2. The quantitative estimate of drug-likeness (QED) is 0.832. The Balaban J connectivity index is 1.76. The Morgan fingerprint density at radius 3 is 2.00 bits per heavy atom. The standard InChI is InChI=1S/C15H22O2S/c16-13(17)15(1-2-18-9-15)14-6-10-3-11(7-14)5-12(4-10)8-14/h10-12H,1-9H2,(H,16,17). The summed E-state index contributed by atoms with van der Waals surface area (Å²) in [7, 11) is 0. The first-order valence-corrected chi connectivity index (χ1v) is 8.60. The van der Waals surface area contributed by atoms with E-state index in [4.69, 9.17) is 0 Å². The monoisotopic (exact) mass is 266 g/mol. The zero-order valence-electron chi connectivity index (χ0n) is 10.9. The van der Waals surface area contributed by atoms with E-state index in [9.17, 15) is 9.90 Å². The van der Waals surface area contributed by atoms with E-state index < -0.39 is 5.97 Å². The van der Waals surface area contributed by atoms with E-state index in [1.807, 2.05) is 11.8 Å². The van der Waals surface area contributed by atoms with E-state index >= 15 is 0 Å². The smallest absolute Gasteiger partial charge is 0.311 e. The molecule has 4 aliphatic carbocycles. The van der Waals surface area contributed by atoms with E-state index in [1.54, 1.807) is 0 Å². The van der Waals surface area contributed by atoms with Crippen LogP contribution in [-0.2, 0) is 4.79 Å². The average Bonchev–Trinajstić information content (AvgIpc) is 2.77. The van der Waals surface area contributed by atoms with Crippen LogP contribution >= 0.6 is 11.8 Å². The molecule has 0 aromatic carbocycles. The summed E-state index contributed by atoms with van der Waals surface area (Å²) in [5.74, 6) is 4.05. The Morgan fingerprint density at radius 1 is 1.06 bits per heavy atom. The molecule has 1 N–H and O–H groups in total. The zero-order valence-corrected chi connectivity index (χ0v) is 11.7. The molecule has 2 nitrogen and oxygen atoms in total. The third-order valence-corrected chi connectivity index (χ3v) is 7.67. The second-order valence-electron chi connectivity index (χ2n) is 7.39. The van der Waals surface area contributed by atoms with Crippen molar-refractivity contribution >= 4 is 17.7 Å². The maximum absolute atomic E-state index is 12.0. The van der Waals surface area contributed by atoms with Crippen molar-refractivity contribution in [3.05, 3.63) is 0 Å². The minimum atomic E-state index is -0.477. The Kier molecular flexibility index (Phi) is 2.38. The van der Waals surface area contributed by atoms with E-state index in [0.717, 1.165) is 35.7 Å². The molecule has 0 spiro atoms. The summed E-state index contributed by atoms with van der Waals surface area (Å²) in [6.07, 6.45) is 8.83. The van der Waals surface area contributed by atoms with Crippen molar-refractivity contribution in [2.45, 2.75) is 44.9 Å². The largest absolute Gasteiger partial charge is 0.481 e. The molecule has 4 bridgehead atoms. The second-order valence-corrected chi connectivity index (χ2v) is 8.49. The van der Waals surface area contributed by atoms with Gasteiger partial charge in [-0.25, -0.2) is 0 Å². The van der Waals surface area contributed by atoms with Crippen molar-refractivity contribution in [2.75, 3.05) is 11.5 Å². The lowest BCUT2D eigenvalue weighted by Crippen LogP contribution is -2.57. The van der Waals surface area contributed by atoms with Crippen LogP contribution in [0.1, 0.15) is 44.9 Å². The van der Waals surface area contributed by atoms with Crippen LogP contribution in [0.2, 0.25) is 0 Å². The van der Waals surface area contributed by atoms with Gasteiger partial charge in [0.05, 0.1) is 5.41 Å². The molecule has 1 unspecified atom stereocenters. The molecule has 5 aliphatic rings. The van der Waals surface area contributed by atoms with Gasteiger partial charge in [-0.15, -0.1) is 0 Å². The van der Waals surface area contributed by atoms with Crippen molar-refractivity contribution in [3.63, 3.8) is 0 Å². The van der Waals surface area contributed by atoms with E-state index in [-0.39, 0.29) is 10.8 Å². The first-order valence-electron chi connectivity index (χ1n) is 7.45. The van der Waals surface area contributed by atoms with E-state index in [1.165, 1.54) is 38.5 Å². The lowest BCUT2D eigenvalue weighted by Gasteiger charge is -2.61. The number of hydrogen-bond donors (Lipinski definition) is 1. The minimum absolute atomic E-state index is 0.178. The normalized spacial score (nSPS) is 53.9. The predicted molar refractivity (Wildman–Crippen MR) is 72.6 cm³/mol. The summed E-state index contributed by atoms with van der Waals surface area (Å²) in [5.41, 5.74) is -0.190. The molecule has 1 atom stereocenters. The predicted octanol–water partition coefficient (Wildman–Crippen LogP) is 3.41. The van der Waals surface area contributed by atoms with Gasteiger partial charge in [0.1, 0.15) is 0 Å². The molecule has 18 heavy (non-hydrogen) atoms. The Bertz CT molecular complexity index is 349. The molecular formula is C15H22O2S. The van der Waals surface area contributed by atoms with Gasteiger partial charge >= 0.3 is 5.97 Å². The van der Waals surface area contributed by atoms with Gasteiger partial charge in [0, 0.05) is 5.75 Å². The van der Waals surface area contributed by atoms with Gasteiger partial charge in [0.25, 0.3) is 0 Å². The van der Waals surface area contributed by atoms with Gasteiger partial charge < -0.3 is 5.11 Å². The molecule has 4 saturated carbocycles. The van der Waals surface area contributed by atoms with Crippen LogP contribution in [0.25, 0.3) is 0 Å². The summed E-state index contributed by atoms with van der Waals surface area (Å²) in [6, 6.07) is 0. The van der Waals surface area contributed by atoms with Crippen LogP contribution in [0.15, 0.2) is 0 Å². The Hall–Kier alpha value is -0.180. The molecule has 0 aromatic heterocycles. The summed E-state index contributed by atoms with van der Waals surface area (Å²) < 4.78 is 0. The lowest BCUT2D eigenvalue weighted by atomic mass is 9.42. The van der Waals surface area contributed by atoms with E-state index in [2.05, 4.69) is 0 Å². The highest BCUT2D eigenvalue weighted by atomic mass is 32.2. The first kappa shape index (κ1) is 11.6. The van der Waals surface area contributed by atoms with Crippen LogP contribution in [-0.4, -0.2) is 22.6 Å². The molecule has 0 radical (unpaired) electrons. The molecule has 0 aromatic rings. The van der Waals surface area contributed by atoms with Crippen molar-refractivity contribution in [1.82, 2.24) is 0 Å². The molecule has 1 aliphatic heterocycles. The number of thioether (sulfide) groups is 1. The van der Waals surface area contributed by atoms with Crippen LogP contribution in [0.4, 0.5) is 0 Å². The van der Waals surface area contributed by atoms with Crippen molar-refractivity contribution < 1.29 is 9.90 Å². The fourth-order valence-electron chi connectivity index (χ4n) is 6.08. The number of carbonyl (C=O) groups is 1. The molecule has 0 amide bonds. The Morgan fingerprint density at radius 2 is 1.61 bits per heavy atom.